The number of hydrogen-bond acceptors (Lipinski definition) is 10. The molecular formula is C44H52N6O4. The highest BCUT2D eigenvalue weighted by molar-refractivity contribution is 5.85. The van der Waals surface area contributed by atoms with Crippen LogP contribution < -0.4 is 18.9 Å². The molecule has 5 aromatic rings. The number of ether oxygens (including phenoxy) is 4. The lowest BCUT2D eigenvalue weighted by molar-refractivity contribution is -0.0511. The number of benzene rings is 2. The molecule has 9 heterocycles. The average molecular weight is 729 g/mol. The van der Waals surface area contributed by atoms with E-state index in [2.05, 4.69) is 47.9 Å². The summed E-state index contributed by atoms with van der Waals surface area (Å²) in [7, 11) is 3.41. The van der Waals surface area contributed by atoms with Crippen LogP contribution in [0.1, 0.15) is 75.7 Å². The molecule has 10 nitrogen and oxygen atoms in total. The van der Waals surface area contributed by atoms with E-state index in [9.17, 15) is 0 Å². The normalized spacial score (nSPS) is 28.5. The fourth-order valence-corrected chi connectivity index (χ4v) is 10.4. The third-order valence-corrected chi connectivity index (χ3v) is 13.3. The Balaban J connectivity index is 1.04. The molecule has 11 rings (SSSR count). The first-order valence-electron chi connectivity index (χ1n) is 20.0. The van der Waals surface area contributed by atoms with Crippen molar-refractivity contribution in [3.05, 3.63) is 84.2 Å². The van der Waals surface area contributed by atoms with Gasteiger partial charge in [0.15, 0.2) is 0 Å². The van der Waals surface area contributed by atoms with Crippen molar-refractivity contribution < 1.29 is 18.9 Å². The van der Waals surface area contributed by atoms with Crippen molar-refractivity contribution in [2.45, 2.75) is 76.7 Å². The molecule has 2 unspecified atom stereocenters. The first-order chi connectivity index (χ1) is 26.5. The fourth-order valence-electron chi connectivity index (χ4n) is 10.4. The van der Waals surface area contributed by atoms with E-state index in [-0.39, 0.29) is 24.3 Å². The van der Waals surface area contributed by atoms with E-state index in [1.165, 1.54) is 25.7 Å². The van der Waals surface area contributed by atoms with Gasteiger partial charge in [0.25, 0.3) is 0 Å². The van der Waals surface area contributed by atoms with Crippen molar-refractivity contribution in [3.63, 3.8) is 0 Å². The number of hydrogen-bond donors (Lipinski definition) is 0. The van der Waals surface area contributed by atoms with Crippen molar-refractivity contribution in [2.24, 2.45) is 23.7 Å². The smallest absolute Gasteiger partial charge is 0.234 e. The van der Waals surface area contributed by atoms with Crippen molar-refractivity contribution in [1.82, 2.24) is 30.0 Å². The summed E-state index contributed by atoms with van der Waals surface area (Å²) in [6, 6.07) is 20.6. The van der Waals surface area contributed by atoms with Crippen molar-refractivity contribution in [2.75, 3.05) is 40.4 Å². The molecule has 0 saturated carbocycles. The summed E-state index contributed by atoms with van der Waals surface area (Å²) >= 11 is 0. The first kappa shape index (κ1) is 35.2. The lowest BCUT2D eigenvalue weighted by Gasteiger charge is -2.52. The van der Waals surface area contributed by atoms with Crippen LogP contribution in [0.2, 0.25) is 0 Å². The van der Waals surface area contributed by atoms with Crippen molar-refractivity contribution >= 4 is 21.8 Å². The quantitative estimate of drug-likeness (QED) is 0.126. The molecule has 0 spiro atoms. The molecule has 6 aliphatic heterocycles. The summed E-state index contributed by atoms with van der Waals surface area (Å²) in [6.45, 7) is 9.04. The number of nitrogens with zero attached hydrogens (tertiary/aromatic N) is 6. The average Bonchev–Trinajstić information content (AvgIpc) is 3.24. The van der Waals surface area contributed by atoms with E-state index in [0.717, 1.165) is 95.3 Å². The van der Waals surface area contributed by atoms with E-state index in [0.29, 0.717) is 23.6 Å². The van der Waals surface area contributed by atoms with Crippen LogP contribution in [0.25, 0.3) is 21.8 Å². The molecule has 10 heteroatoms. The van der Waals surface area contributed by atoms with Crippen LogP contribution in [0.15, 0.2) is 73.1 Å². The maximum absolute atomic E-state index is 6.98. The predicted octanol–water partition coefficient (Wildman–Crippen LogP) is 8.07. The topological polar surface area (TPSA) is 95.0 Å². The number of methoxy groups -OCH3 is 2. The maximum atomic E-state index is 6.98. The Kier molecular flexibility index (Phi) is 9.74. The first-order valence-corrected chi connectivity index (χ1v) is 20.0. The van der Waals surface area contributed by atoms with E-state index in [1.807, 2.05) is 48.8 Å². The highest BCUT2D eigenvalue weighted by Gasteiger charge is 2.46. The molecule has 10 atom stereocenters. The standard InChI is InChI=1S/C44H52N6O4/c1-5-27-25-49-19-15-29(27)21-39(49)43(33-13-17-45-37-9-7-31(51-3)23-35(33)37)53-41-11-12-42(48-47-41)54-44(40-22-30-16-20-50(40)26-28(30)6-2)34-14-18-46-38-10-8-32(52-4)24-36(34)38/h7-14,17-18,23-24,27-30,39-40,43-44H,5-6,15-16,19-22,25-26H2,1-4H3/t27-,28-,29-,30-,39+,40+,43-,44-/m0/s1. The highest BCUT2D eigenvalue weighted by atomic mass is 16.5. The second-order valence-electron chi connectivity index (χ2n) is 15.9. The van der Waals surface area contributed by atoms with Gasteiger partial charge in [0.1, 0.15) is 23.7 Å². The molecule has 0 N–H and O–H groups in total. The van der Waals surface area contributed by atoms with Crippen LogP contribution in [0.3, 0.4) is 0 Å². The third kappa shape index (κ3) is 6.51. The SMILES string of the molecule is CC[C@H]1CN2CC[C@H]1C[C@@H]2[C@@H](Oc1ccc(O[C@@H](c2ccnc3ccc(OC)cc23)[C@H]2C[C@@H]3CCN2C[C@@H]3CC)nn1)c1ccnc2ccc(OC)cc12. The van der Waals surface area contributed by atoms with Gasteiger partial charge in [0.05, 0.1) is 37.3 Å². The van der Waals surface area contributed by atoms with Gasteiger partial charge in [-0.2, -0.15) is 0 Å². The zero-order chi connectivity index (χ0) is 36.8. The summed E-state index contributed by atoms with van der Waals surface area (Å²) in [5.41, 5.74) is 4.03. The Labute approximate surface area is 318 Å². The van der Waals surface area contributed by atoms with Gasteiger partial charge in [-0.1, -0.05) is 26.7 Å². The third-order valence-electron chi connectivity index (χ3n) is 13.3. The summed E-state index contributed by atoms with van der Waals surface area (Å²) in [5.74, 6) is 5.42. The van der Waals surface area contributed by atoms with E-state index < -0.39 is 0 Å². The molecule has 4 bridgehead atoms. The fraction of sp³-hybridized carbons (Fsp3) is 0.500. The van der Waals surface area contributed by atoms with Crippen LogP contribution in [-0.2, 0) is 0 Å². The van der Waals surface area contributed by atoms with E-state index in [4.69, 9.17) is 39.1 Å². The molecule has 6 aliphatic rings. The molecule has 6 fully saturated rings. The van der Waals surface area contributed by atoms with E-state index >= 15 is 0 Å². The minimum Gasteiger partial charge on any atom is -0.497 e. The molecular weight excluding hydrogens is 677 g/mol. The lowest BCUT2D eigenvalue weighted by atomic mass is 9.72. The van der Waals surface area contributed by atoms with Crippen LogP contribution in [0, 0.1) is 23.7 Å². The minimum atomic E-state index is -0.257. The van der Waals surface area contributed by atoms with Gasteiger partial charge in [-0.15, -0.1) is 10.2 Å². The zero-order valence-corrected chi connectivity index (χ0v) is 31.9. The molecule has 0 aliphatic carbocycles. The van der Waals surface area contributed by atoms with Crippen molar-refractivity contribution in [1.29, 1.82) is 0 Å². The molecule has 6 saturated heterocycles. The van der Waals surface area contributed by atoms with Gasteiger partial charge in [0, 0.05) is 59.5 Å². The summed E-state index contributed by atoms with van der Waals surface area (Å²) in [6.07, 6.45) is 10.4. The number of pyridine rings is 2. The van der Waals surface area contributed by atoms with Gasteiger partial charge in [0.2, 0.25) is 11.8 Å². The summed E-state index contributed by atoms with van der Waals surface area (Å²) in [4.78, 5) is 14.7. The summed E-state index contributed by atoms with van der Waals surface area (Å²) < 4.78 is 25.3. The maximum Gasteiger partial charge on any atom is 0.234 e. The number of aromatic nitrogens is 4. The monoisotopic (exact) mass is 728 g/mol. The molecule has 3 aromatic heterocycles. The number of fused-ring (bicyclic) bond motifs is 8. The number of piperidine rings is 6. The van der Waals surface area contributed by atoms with Crippen LogP contribution in [0.5, 0.6) is 23.3 Å². The van der Waals surface area contributed by atoms with Crippen LogP contribution in [-0.4, -0.2) is 82.4 Å². The number of rotatable bonds is 12. The highest BCUT2D eigenvalue weighted by Crippen LogP contribution is 2.46. The Morgan fingerprint density at radius 1 is 0.630 bits per heavy atom. The lowest BCUT2D eigenvalue weighted by Crippen LogP contribution is -2.56. The van der Waals surface area contributed by atoms with Gasteiger partial charge >= 0.3 is 0 Å². The summed E-state index contributed by atoms with van der Waals surface area (Å²) in [5, 5.41) is 11.5. The molecule has 0 radical (unpaired) electrons. The minimum absolute atomic E-state index is 0.213. The Morgan fingerprint density at radius 2 is 1.09 bits per heavy atom. The van der Waals surface area contributed by atoms with E-state index in [1.54, 1.807) is 14.2 Å². The Bertz CT molecular complexity index is 1950. The molecule has 0 amide bonds. The largest absolute Gasteiger partial charge is 0.497 e. The van der Waals surface area contributed by atoms with Crippen molar-refractivity contribution in [3.8, 4) is 23.3 Å². The molecule has 54 heavy (non-hydrogen) atoms. The molecule has 282 valence electrons. The van der Waals surface area contributed by atoms with Crippen LogP contribution >= 0.6 is 0 Å². The second kappa shape index (κ2) is 14.9. The van der Waals surface area contributed by atoms with Crippen LogP contribution in [0.4, 0.5) is 0 Å². The Hall–Kier alpha value is -4.54. The zero-order valence-electron chi connectivity index (χ0n) is 31.9. The van der Waals surface area contributed by atoms with Gasteiger partial charge in [-0.05, 0) is 111 Å². The Morgan fingerprint density at radius 3 is 1.46 bits per heavy atom. The molecule has 2 aromatic carbocycles. The van der Waals surface area contributed by atoms with Gasteiger partial charge < -0.3 is 18.9 Å². The predicted molar refractivity (Wildman–Crippen MR) is 209 cm³/mol. The van der Waals surface area contributed by atoms with Gasteiger partial charge in [-0.25, -0.2) is 0 Å². The second-order valence-corrected chi connectivity index (χ2v) is 15.9. The van der Waals surface area contributed by atoms with Gasteiger partial charge in [-0.3, -0.25) is 19.8 Å².